The number of aliphatic hydroxyl groups excluding tert-OH is 1. The van der Waals surface area contributed by atoms with Crippen molar-refractivity contribution in [2.75, 3.05) is 19.7 Å². The number of benzene rings is 1. The summed E-state index contributed by atoms with van der Waals surface area (Å²) in [5, 5.41) is 10.4. The number of carbonyl (C=O) groups excluding carboxylic acids is 1. The minimum absolute atomic E-state index is 0.0497. The Morgan fingerprint density at radius 2 is 1.92 bits per heavy atom. The van der Waals surface area contributed by atoms with E-state index in [0.29, 0.717) is 30.5 Å². The van der Waals surface area contributed by atoms with Crippen LogP contribution in [0.15, 0.2) is 24.3 Å². The molecular weight excluding hydrogens is 302 g/mol. The molecule has 2 fully saturated rings. The van der Waals surface area contributed by atoms with Crippen molar-refractivity contribution in [1.82, 2.24) is 4.90 Å². The molecule has 0 amide bonds. The van der Waals surface area contributed by atoms with Crippen LogP contribution in [0.5, 0.6) is 5.75 Å². The van der Waals surface area contributed by atoms with E-state index in [4.69, 9.17) is 4.74 Å². The lowest BCUT2D eigenvalue weighted by atomic mass is 9.78. The van der Waals surface area contributed by atoms with Crippen LogP contribution < -0.4 is 4.74 Å². The van der Waals surface area contributed by atoms with Crippen LogP contribution in [0, 0.1) is 5.92 Å². The van der Waals surface area contributed by atoms with Gasteiger partial charge in [0, 0.05) is 18.2 Å². The van der Waals surface area contributed by atoms with E-state index in [1.807, 2.05) is 0 Å². The second-order valence-electron chi connectivity index (χ2n) is 7.29. The zero-order valence-corrected chi connectivity index (χ0v) is 14.6. The summed E-state index contributed by atoms with van der Waals surface area (Å²) in [6.07, 6.45) is 7.47. The van der Waals surface area contributed by atoms with Gasteiger partial charge in [0.15, 0.2) is 5.78 Å². The van der Waals surface area contributed by atoms with Gasteiger partial charge in [-0.2, -0.15) is 0 Å². The molecule has 1 saturated heterocycles. The molecular formula is C20H29NO3. The predicted molar refractivity (Wildman–Crippen MR) is 94.5 cm³/mol. The second-order valence-corrected chi connectivity index (χ2v) is 7.29. The Bertz CT molecular complexity index is 540. The molecule has 1 saturated carbocycles. The maximum Gasteiger partial charge on any atom is 0.159 e. The highest BCUT2D eigenvalue weighted by atomic mass is 16.5. The summed E-state index contributed by atoms with van der Waals surface area (Å²) >= 11 is 0. The average molecular weight is 331 g/mol. The molecule has 1 aliphatic heterocycles. The first kappa shape index (κ1) is 17.4. The second kappa shape index (κ2) is 8.13. The van der Waals surface area contributed by atoms with Gasteiger partial charge in [0.05, 0.1) is 0 Å². The number of aliphatic hydroxyl groups is 1. The number of Topliss-reactive ketones (excluding diaryl/α,β-unsaturated/α-hetero) is 1. The number of rotatable bonds is 6. The van der Waals surface area contributed by atoms with Gasteiger partial charge < -0.3 is 9.84 Å². The standard InChI is InChI=1S/C20H29NO3/c1-15(22)16-8-10-19(11-9-16)24-14-18(23)13-21-12-4-6-17-5-2-3-7-20(17)21/h8-11,17-18,20,23H,2-7,12-14H2,1H3/t17-,18+,20+/m0/s1. The number of hydrogen-bond donors (Lipinski definition) is 1. The fraction of sp³-hybridized carbons (Fsp3) is 0.650. The number of ketones is 1. The van der Waals surface area contributed by atoms with Crippen LogP contribution >= 0.6 is 0 Å². The summed E-state index contributed by atoms with van der Waals surface area (Å²) in [6, 6.07) is 7.78. The molecule has 0 spiro atoms. The molecule has 1 aliphatic carbocycles. The topological polar surface area (TPSA) is 49.8 Å². The molecule has 4 heteroatoms. The third-order valence-electron chi connectivity index (χ3n) is 5.51. The highest BCUT2D eigenvalue weighted by Gasteiger charge is 2.33. The first-order valence-electron chi connectivity index (χ1n) is 9.29. The largest absolute Gasteiger partial charge is 0.491 e. The minimum atomic E-state index is -0.474. The van der Waals surface area contributed by atoms with E-state index in [9.17, 15) is 9.90 Å². The first-order chi connectivity index (χ1) is 11.6. The number of carbonyl (C=O) groups is 1. The molecule has 132 valence electrons. The summed E-state index contributed by atoms with van der Waals surface area (Å²) in [5.41, 5.74) is 0.680. The van der Waals surface area contributed by atoms with Gasteiger partial charge in [0.1, 0.15) is 18.5 Å². The molecule has 1 aromatic carbocycles. The quantitative estimate of drug-likeness (QED) is 0.813. The summed E-state index contributed by atoms with van der Waals surface area (Å²) < 4.78 is 5.69. The monoisotopic (exact) mass is 331 g/mol. The van der Waals surface area contributed by atoms with Crippen LogP contribution in [-0.2, 0) is 0 Å². The van der Waals surface area contributed by atoms with E-state index in [2.05, 4.69) is 4.90 Å². The lowest BCUT2D eigenvalue weighted by Crippen LogP contribution is -2.50. The van der Waals surface area contributed by atoms with Crippen LogP contribution in [0.1, 0.15) is 55.8 Å². The van der Waals surface area contributed by atoms with Crippen molar-refractivity contribution in [1.29, 1.82) is 0 Å². The lowest BCUT2D eigenvalue weighted by Gasteiger charge is -2.44. The highest BCUT2D eigenvalue weighted by Crippen LogP contribution is 2.35. The van der Waals surface area contributed by atoms with Crippen LogP contribution in [-0.4, -0.2) is 47.6 Å². The van der Waals surface area contributed by atoms with Crippen molar-refractivity contribution in [3.63, 3.8) is 0 Å². The third-order valence-corrected chi connectivity index (χ3v) is 5.51. The molecule has 4 nitrogen and oxygen atoms in total. The third kappa shape index (κ3) is 4.37. The van der Waals surface area contributed by atoms with E-state index in [1.165, 1.54) is 38.5 Å². The van der Waals surface area contributed by atoms with E-state index in [1.54, 1.807) is 31.2 Å². The average Bonchev–Trinajstić information content (AvgIpc) is 2.61. The fourth-order valence-corrected chi connectivity index (χ4v) is 4.26. The van der Waals surface area contributed by atoms with E-state index in [-0.39, 0.29) is 5.78 Å². The Balaban J connectivity index is 1.48. The van der Waals surface area contributed by atoms with Gasteiger partial charge in [0.2, 0.25) is 0 Å². The fourth-order valence-electron chi connectivity index (χ4n) is 4.26. The SMILES string of the molecule is CC(=O)c1ccc(OC[C@H](O)CN2CCC[C@@H]3CCCC[C@H]32)cc1. The van der Waals surface area contributed by atoms with Gasteiger partial charge in [-0.25, -0.2) is 0 Å². The van der Waals surface area contributed by atoms with E-state index < -0.39 is 6.10 Å². The molecule has 3 atom stereocenters. The normalized spacial score (nSPS) is 25.8. The molecule has 3 rings (SSSR count). The lowest BCUT2D eigenvalue weighted by molar-refractivity contribution is 0.00654. The molecule has 1 aromatic rings. The Morgan fingerprint density at radius 1 is 1.21 bits per heavy atom. The molecule has 1 N–H and O–H groups in total. The van der Waals surface area contributed by atoms with Gasteiger partial charge in [0.25, 0.3) is 0 Å². The van der Waals surface area contributed by atoms with Crippen molar-refractivity contribution in [3.05, 3.63) is 29.8 Å². The summed E-state index contributed by atoms with van der Waals surface area (Å²) in [7, 11) is 0. The molecule has 24 heavy (non-hydrogen) atoms. The Labute approximate surface area is 144 Å². The smallest absolute Gasteiger partial charge is 0.159 e. The Hall–Kier alpha value is -1.39. The van der Waals surface area contributed by atoms with Gasteiger partial charge in [-0.1, -0.05) is 12.8 Å². The predicted octanol–water partition coefficient (Wildman–Crippen LogP) is 3.28. The molecule has 0 aromatic heterocycles. The maximum absolute atomic E-state index is 11.3. The zero-order valence-electron chi connectivity index (χ0n) is 14.6. The Kier molecular flexibility index (Phi) is 5.90. The number of fused-ring (bicyclic) bond motifs is 1. The first-order valence-corrected chi connectivity index (χ1v) is 9.29. The van der Waals surface area contributed by atoms with Crippen molar-refractivity contribution >= 4 is 5.78 Å². The van der Waals surface area contributed by atoms with E-state index in [0.717, 1.165) is 12.5 Å². The molecule has 1 heterocycles. The molecule has 0 bridgehead atoms. The van der Waals surface area contributed by atoms with E-state index >= 15 is 0 Å². The van der Waals surface area contributed by atoms with Gasteiger partial charge >= 0.3 is 0 Å². The number of ether oxygens (including phenoxy) is 1. The molecule has 2 aliphatic rings. The number of nitrogens with zero attached hydrogens (tertiary/aromatic N) is 1. The van der Waals surface area contributed by atoms with Crippen molar-refractivity contribution in [2.24, 2.45) is 5.92 Å². The molecule has 0 radical (unpaired) electrons. The van der Waals surface area contributed by atoms with Crippen LogP contribution in [0.25, 0.3) is 0 Å². The number of hydrogen-bond acceptors (Lipinski definition) is 4. The summed E-state index contributed by atoms with van der Waals surface area (Å²) in [4.78, 5) is 13.8. The van der Waals surface area contributed by atoms with Crippen LogP contribution in [0.2, 0.25) is 0 Å². The van der Waals surface area contributed by atoms with Crippen molar-refractivity contribution in [2.45, 2.75) is 57.6 Å². The highest BCUT2D eigenvalue weighted by molar-refractivity contribution is 5.94. The van der Waals surface area contributed by atoms with Crippen molar-refractivity contribution in [3.8, 4) is 5.75 Å². The number of piperidine rings is 1. The maximum atomic E-state index is 11.3. The van der Waals surface area contributed by atoms with Crippen LogP contribution in [0.4, 0.5) is 0 Å². The summed E-state index contributed by atoms with van der Waals surface area (Å²) in [5.74, 6) is 1.58. The minimum Gasteiger partial charge on any atom is -0.491 e. The number of likely N-dealkylation sites (tertiary alicyclic amines) is 1. The van der Waals surface area contributed by atoms with Gasteiger partial charge in [-0.3, -0.25) is 9.69 Å². The summed E-state index contributed by atoms with van der Waals surface area (Å²) in [6.45, 7) is 3.66. The Morgan fingerprint density at radius 3 is 2.67 bits per heavy atom. The van der Waals surface area contributed by atoms with Gasteiger partial charge in [-0.15, -0.1) is 0 Å². The number of β-amino-alcohol motifs (C(OH)–C–C–N with tert-alkyl or cyclic N) is 1. The van der Waals surface area contributed by atoms with Crippen LogP contribution in [0.3, 0.4) is 0 Å². The molecule has 0 unspecified atom stereocenters. The zero-order chi connectivity index (χ0) is 16.9. The van der Waals surface area contributed by atoms with Crippen molar-refractivity contribution < 1.29 is 14.6 Å². The van der Waals surface area contributed by atoms with Gasteiger partial charge in [-0.05, 0) is 69.3 Å².